The lowest BCUT2D eigenvalue weighted by Gasteiger charge is -2.02. The molecule has 2 aromatic rings. The van der Waals surface area contributed by atoms with Crippen LogP contribution in [0.15, 0.2) is 42.5 Å². The second kappa shape index (κ2) is 6.34. The Labute approximate surface area is 117 Å². The van der Waals surface area contributed by atoms with Gasteiger partial charge in [-0.3, -0.25) is 4.79 Å². The van der Waals surface area contributed by atoms with E-state index in [1.165, 1.54) is 4.88 Å². The fraction of sp³-hybridized carbons (Fsp3) is 0.188. The van der Waals surface area contributed by atoms with Crippen molar-refractivity contribution in [1.82, 2.24) is 0 Å². The largest absolute Gasteiger partial charge is 0.496 e. The molecule has 0 saturated heterocycles. The van der Waals surface area contributed by atoms with Crippen LogP contribution in [-0.4, -0.2) is 12.9 Å². The first-order valence-electron chi connectivity index (χ1n) is 6.18. The maximum Gasteiger partial charge on any atom is 0.195 e. The van der Waals surface area contributed by atoms with Gasteiger partial charge < -0.3 is 4.74 Å². The Morgan fingerprint density at radius 1 is 1.26 bits per heavy atom. The summed E-state index contributed by atoms with van der Waals surface area (Å²) in [6.07, 6.45) is 4.36. The molecule has 1 aromatic carbocycles. The molecule has 0 N–H and O–H groups in total. The molecule has 0 aliphatic carbocycles. The molecule has 0 spiro atoms. The molecule has 1 aromatic heterocycles. The molecule has 0 bridgehead atoms. The van der Waals surface area contributed by atoms with Crippen molar-refractivity contribution in [2.24, 2.45) is 0 Å². The number of hydrogen-bond donors (Lipinski definition) is 0. The molecule has 0 amide bonds. The fourth-order valence-corrected chi connectivity index (χ4v) is 2.62. The zero-order chi connectivity index (χ0) is 13.7. The number of para-hydroxylation sites is 1. The summed E-state index contributed by atoms with van der Waals surface area (Å²) in [4.78, 5) is 14.0. The van der Waals surface area contributed by atoms with Crippen LogP contribution in [0.3, 0.4) is 0 Å². The molecule has 2 nitrogen and oxygen atoms in total. The average molecular weight is 272 g/mol. The summed E-state index contributed by atoms with van der Waals surface area (Å²) in [7, 11) is 1.63. The maximum absolute atomic E-state index is 12.0. The average Bonchev–Trinajstić information content (AvgIpc) is 2.94. The molecule has 2 rings (SSSR count). The van der Waals surface area contributed by atoms with Gasteiger partial charge in [0.1, 0.15) is 5.75 Å². The third kappa shape index (κ3) is 3.32. The summed E-state index contributed by atoms with van der Waals surface area (Å²) in [6, 6.07) is 11.5. The minimum absolute atomic E-state index is 0.0376. The molecule has 3 heteroatoms. The van der Waals surface area contributed by atoms with Crippen molar-refractivity contribution < 1.29 is 9.53 Å². The number of ketones is 1. The van der Waals surface area contributed by atoms with E-state index in [1.54, 1.807) is 30.6 Å². The molecule has 0 saturated carbocycles. The quantitative estimate of drug-likeness (QED) is 0.602. The highest BCUT2D eigenvalue weighted by atomic mass is 32.1. The van der Waals surface area contributed by atoms with Gasteiger partial charge in [-0.2, -0.15) is 0 Å². The van der Waals surface area contributed by atoms with Crippen LogP contribution in [0.2, 0.25) is 0 Å². The Morgan fingerprint density at radius 3 is 2.74 bits per heavy atom. The van der Waals surface area contributed by atoms with E-state index in [-0.39, 0.29) is 5.78 Å². The van der Waals surface area contributed by atoms with Gasteiger partial charge in [0.2, 0.25) is 0 Å². The van der Waals surface area contributed by atoms with Crippen LogP contribution in [0.1, 0.15) is 27.0 Å². The number of ether oxygens (including phenoxy) is 1. The third-order valence-electron chi connectivity index (χ3n) is 2.81. The van der Waals surface area contributed by atoms with Gasteiger partial charge in [-0.15, -0.1) is 11.3 Å². The molecule has 0 fully saturated rings. The molecule has 0 atom stereocenters. The number of carbonyl (C=O) groups is 1. The number of methoxy groups -OCH3 is 1. The minimum atomic E-state index is 0.0376. The molecule has 19 heavy (non-hydrogen) atoms. The second-order valence-electron chi connectivity index (χ2n) is 4.06. The lowest BCUT2D eigenvalue weighted by atomic mass is 10.1. The third-order valence-corrected chi connectivity index (χ3v) is 4.05. The van der Waals surface area contributed by atoms with E-state index in [0.717, 1.165) is 22.6 Å². The molecular formula is C16H16O2S. The van der Waals surface area contributed by atoms with Gasteiger partial charge in [-0.05, 0) is 36.8 Å². The Bertz CT molecular complexity index is 596. The molecule has 0 aliphatic heterocycles. The van der Waals surface area contributed by atoms with Crippen LogP contribution in [-0.2, 0) is 6.42 Å². The van der Waals surface area contributed by atoms with Gasteiger partial charge in [0.25, 0.3) is 0 Å². The standard InChI is InChI=1S/C16H16O2S/c1-3-13-9-11-16(19-13)14(17)10-8-12-6-4-5-7-15(12)18-2/h4-11H,3H2,1-2H3. The predicted molar refractivity (Wildman–Crippen MR) is 80.1 cm³/mol. The van der Waals surface area contributed by atoms with Crippen molar-refractivity contribution >= 4 is 23.2 Å². The van der Waals surface area contributed by atoms with E-state index in [4.69, 9.17) is 4.74 Å². The van der Waals surface area contributed by atoms with Crippen LogP contribution < -0.4 is 4.74 Å². The number of thiophene rings is 1. The number of allylic oxidation sites excluding steroid dienone is 1. The topological polar surface area (TPSA) is 26.3 Å². The Balaban J connectivity index is 2.15. The predicted octanol–water partition coefficient (Wildman–Crippen LogP) is 4.22. The number of aryl methyl sites for hydroxylation is 1. The summed E-state index contributed by atoms with van der Waals surface area (Å²) in [5.41, 5.74) is 0.908. The SMILES string of the molecule is CCc1ccc(C(=O)C=Cc2ccccc2OC)s1. The number of rotatable bonds is 5. The fourth-order valence-electron chi connectivity index (χ4n) is 1.75. The van der Waals surface area contributed by atoms with Crippen LogP contribution in [0, 0.1) is 0 Å². The van der Waals surface area contributed by atoms with Gasteiger partial charge in [0, 0.05) is 10.4 Å². The minimum Gasteiger partial charge on any atom is -0.496 e. The first-order chi connectivity index (χ1) is 9.24. The van der Waals surface area contributed by atoms with Crippen molar-refractivity contribution in [3.05, 3.63) is 57.8 Å². The lowest BCUT2D eigenvalue weighted by molar-refractivity contribution is 0.105. The molecule has 98 valence electrons. The smallest absolute Gasteiger partial charge is 0.195 e. The summed E-state index contributed by atoms with van der Waals surface area (Å²) < 4.78 is 5.24. The van der Waals surface area contributed by atoms with Crippen molar-refractivity contribution in [3.8, 4) is 5.75 Å². The van der Waals surface area contributed by atoms with Crippen molar-refractivity contribution in [2.75, 3.05) is 7.11 Å². The van der Waals surface area contributed by atoms with Gasteiger partial charge >= 0.3 is 0 Å². The van der Waals surface area contributed by atoms with Gasteiger partial charge in [0.15, 0.2) is 5.78 Å². The first kappa shape index (κ1) is 13.6. The summed E-state index contributed by atoms with van der Waals surface area (Å²) in [5.74, 6) is 0.808. The summed E-state index contributed by atoms with van der Waals surface area (Å²) >= 11 is 1.55. The highest BCUT2D eigenvalue weighted by Crippen LogP contribution is 2.21. The van der Waals surface area contributed by atoms with E-state index in [0.29, 0.717) is 0 Å². The Hall–Kier alpha value is -1.87. The summed E-state index contributed by atoms with van der Waals surface area (Å²) in [6.45, 7) is 2.09. The number of carbonyl (C=O) groups excluding carboxylic acids is 1. The van der Waals surface area contributed by atoms with E-state index < -0.39 is 0 Å². The van der Waals surface area contributed by atoms with Gasteiger partial charge in [0.05, 0.1) is 12.0 Å². The zero-order valence-electron chi connectivity index (χ0n) is 11.1. The normalized spacial score (nSPS) is 10.8. The van der Waals surface area contributed by atoms with Crippen molar-refractivity contribution in [3.63, 3.8) is 0 Å². The maximum atomic E-state index is 12.0. The van der Waals surface area contributed by atoms with Crippen molar-refractivity contribution in [1.29, 1.82) is 0 Å². The highest BCUT2D eigenvalue weighted by Gasteiger charge is 2.05. The Kier molecular flexibility index (Phi) is 4.53. The van der Waals surface area contributed by atoms with Gasteiger partial charge in [-0.25, -0.2) is 0 Å². The molecule has 1 heterocycles. The van der Waals surface area contributed by atoms with E-state index in [1.807, 2.05) is 36.4 Å². The lowest BCUT2D eigenvalue weighted by Crippen LogP contribution is -1.90. The van der Waals surface area contributed by atoms with Gasteiger partial charge in [-0.1, -0.05) is 25.1 Å². The monoisotopic (exact) mass is 272 g/mol. The van der Waals surface area contributed by atoms with E-state index in [9.17, 15) is 4.79 Å². The van der Waals surface area contributed by atoms with Crippen LogP contribution in [0.4, 0.5) is 0 Å². The van der Waals surface area contributed by atoms with Crippen LogP contribution >= 0.6 is 11.3 Å². The molecule has 0 radical (unpaired) electrons. The molecule has 0 unspecified atom stereocenters. The first-order valence-corrected chi connectivity index (χ1v) is 7.00. The molecule has 0 aliphatic rings. The van der Waals surface area contributed by atoms with Crippen LogP contribution in [0.5, 0.6) is 5.75 Å². The highest BCUT2D eigenvalue weighted by molar-refractivity contribution is 7.14. The van der Waals surface area contributed by atoms with Crippen LogP contribution in [0.25, 0.3) is 6.08 Å². The number of hydrogen-bond acceptors (Lipinski definition) is 3. The van der Waals surface area contributed by atoms with Crippen molar-refractivity contribution in [2.45, 2.75) is 13.3 Å². The zero-order valence-corrected chi connectivity index (χ0v) is 11.9. The van der Waals surface area contributed by atoms with E-state index in [2.05, 4.69) is 6.92 Å². The number of benzene rings is 1. The molecular weight excluding hydrogens is 256 g/mol. The summed E-state index contributed by atoms with van der Waals surface area (Å²) in [5, 5.41) is 0. The Morgan fingerprint density at radius 2 is 2.05 bits per heavy atom. The van der Waals surface area contributed by atoms with E-state index >= 15 is 0 Å². The second-order valence-corrected chi connectivity index (χ2v) is 5.23.